The Kier molecular flexibility index (Phi) is 3.64. The average Bonchev–Trinajstić information content (AvgIpc) is 2.90. The van der Waals surface area contributed by atoms with Crippen molar-refractivity contribution in [2.45, 2.75) is 13.3 Å². The molecular formula is C17H13BrFNO. The number of rotatable bonds is 3. The lowest BCUT2D eigenvalue weighted by atomic mass is 10.0. The molecular weight excluding hydrogens is 333 g/mol. The Hall–Kier alpha value is -1.94. The number of hydrogen-bond acceptors (Lipinski definition) is 1. The number of nitrogens with one attached hydrogen (secondary N) is 1. The van der Waals surface area contributed by atoms with E-state index < -0.39 is 0 Å². The van der Waals surface area contributed by atoms with Gasteiger partial charge in [0.15, 0.2) is 5.78 Å². The zero-order valence-corrected chi connectivity index (χ0v) is 13.0. The zero-order chi connectivity index (χ0) is 15.0. The van der Waals surface area contributed by atoms with Crippen molar-refractivity contribution in [1.29, 1.82) is 0 Å². The summed E-state index contributed by atoms with van der Waals surface area (Å²) in [5, 5.41) is 0.899. The van der Waals surface area contributed by atoms with E-state index in [4.69, 9.17) is 0 Å². The van der Waals surface area contributed by atoms with Crippen molar-refractivity contribution in [2.75, 3.05) is 0 Å². The van der Waals surface area contributed by atoms with E-state index in [1.54, 1.807) is 6.20 Å². The van der Waals surface area contributed by atoms with E-state index in [0.717, 1.165) is 17.3 Å². The third kappa shape index (κ3) is 2.40. The minimum absolute atomic E-state index is 0.124. The third-order valence-corrected chi connectivity index (χ3v) is 4.26. The number of carbonyl (C=O) groups is 1. The molecule has 0 saturated carbocycles. The van der Waals surface area contributed by atoms with Gasteiger partial charge >= 0.3 is 0 Å². The number of H-pyrrole nitrogens is 1. The van der Waals surface area contributed by atoms with Gasteiger partial charge in [-0.25, -0.2) is 4.39 Å². The first kappa shape index (κ1) is 14.0. The van der Waals surface area contributed by atoms with Gasteiger partial charge in [-0.2, -0.15) is 0 Å². The molecule has 0 radical (unpaired) electrons. The molecule has 1 aromatic heterocycles. The summed E-state index contributed by atoms with van der Waals surface area (Å²) < 4.78 is 13.6. The van der Waals surface area contributed by atoms with Gasteiger partial charge in [-0.05, 0) is 46.1 Å². The second-order valence-electron chi connectivity index (χ2n) is 4.85. The van der Waals surface area contributed by atoms with Crippen LogP contribution in [-0.2, 0) is 6.42 Å². The van der Waals surface area contributed by atoms with E-state index in [1.807, 2.05) is 18.2 Å². The van der Waals surface area contributed by atoms with E-state index >= 15 is 0 Å². The van der Waals surface area contributed by atoms with Crippen molar-refractivity contribution >= 4 is 32.6 Å². The molecule has 0 saturated heterocycles. The Morgan fingerprint density at radius 1 is 1.24 bits per heavy atom. The molecule has 3 rings (SSSR count). The lowest BCUT2D eigenvalue weighted by Gasteiger charge is -2.04. The Morgan fingerprint density at radius 2 is 2.05 bits per heavy atom. The predicted molar refractivity (Wildman–Crippen MR) is 85.2 cm³/mol. The van der Waals surface area contributed by atoms with Gasteiger partial charge in [0.25, 0.3) is 0 Å². The summed E-state index contributed by atoms with van der Waals surface area (Å²) in [4.78, 5) is 15.9. The molecule has 0 aliphatic carbocycles. The molecule has 0 aliphatic heterocycles. The smallest absolute Gasteiger partial charge is 0.196 e. The van der Waals surface area contributed by atoms with Gasteiger partial charge in [-0.1, -0.05) is 25.1 Å². The van der Waals surface area contributed by atoms with Crippen LogP contribution >= 0.6 is 15.9 Å². The molecule has 1 N–H and O–H groups in total. The number of ketones is 1. The highest BCUT2D eigenvalue weighted by atomic mass is 79.9. The minimum atomic E-state index is -0.370. The topological polar surface area (TPSA) is 32.9 Å². The summed E-state index contributed by atoms with van der Waals surface area (Å²) >= 11 is 3.25. The summed E-state index contributed by atoms with van der Waals surface area (Å²) in [6.45, 7) is 2.08. The summed E-state index contributed by atoms with van der Waals surface area (Å²) in [6.07, 6.45) is 2.62. The molecule has 106 valence electrons. The number of aromatic nitrogens is 1. The van der Waals surface area contributed by atoms with Gasteiger partial charge in [0.05, 0.1) is 0 Å². The number of halogens is 2. The highest BCUT2D eigenvalue weighted by Crippen LogP contribution is 2.27. The molecule has 0 unspecified atom stereocenters. The van der Waals surface area contributed by atoms with Gasteiger partial charge in [-0.3, -0.25) is 4.79 Å². The normalized spacial score (nSPS) is 11.0. The van der Waals surface area contributed by atoms with Gasteiger partial charge in [0.1, 0.15) is 5.82 Å². The fraction of sp³-hybridized carbons (Fsp3) is 0.118. The molecule has 3 aromatic rings. The van der Waals surface area contributed by atoms with Crippen LogP contribution in [0.15, 0.2) is 47.1 Å². The van der Waals surface area contributed by atoms with E-state index in [2.05, 4.69) is 27.8 Å². The molecule has 0 amide bonds. The maximum atomic E-state index is 13.2. The van der Waals surface area contributed by atoms with Crippen LogP contribution in [0.5, 0.6) is 0 Å². The minimum Gasteiger partial charge on any atom is -0.360 e. The number of aryl methyl sites for hydroxylation is 1. The summed E-state index contributed by atoms with van der Waals surface area (Å²) in [5.41, 5.74) is 3.22. The first-order valence-corrected chi connectivity index (χ1v) is 7.50. The van der Waals surface area contributed by atoms with Crippen molar-refractivity contribution in [3.05, 3.63) is 69.6 Å². The summed E-state index contributed by atoms with van der Waals surface area (Å²) in [5.74, 6) is -0.494. The second-order valence-corrected chi connectivity index (χ2v) is 5.70. The summed E-state index contributed by atoms with van der Waals surface area (Å²) in [6, 6.07) is 10.0. The molecule has 2 aromatic carbocycles. The fourth-order valence-electron chi connectivity index (χ4n) is 2.52. The highest BCUT2D eigenvalue weighted by molar-refractivity contribution is 9.10. The quantitative estimate of drug-likeness (QED) is 0.675. The third-order valence-electron chi connectivity index (χ3n) is 3.60. The van der Waals surface area contributed by atoms with Crippen LogP contribution in [0.25, 0.3) is 10.9 Å². The monoisotopic (exact) mass is 345 g/mol. The number of fused-ring (bicyclic) bond motifs is 1. The molecule has 0 bridgehead atoms. The van der Waals surface area contributed by atoms with Crippen molar-refractivity contribution in [3.63, 3.8) is 0 Å². The molecule has 4 heteroatoms. The van der Waals surface area contributed by atoms with Gasteiger partial charge in [0, 0.05) is 32.7 Å². The lowest BCUT2D eigenvalue weighted by Crippen LogP contribution is -2.02. The molecule has 0 aliphatic rings. The number of para-hydroxylation sites is 1. The molecule has 0 spiro atoms. The molecule has 21 heavy (non-hydrogen) atoms. The van der Waals surface area contributed by atoms with Crippen molar-refractivity contribution in [2.24, 2.45) is 0 Å². The number of aromatic amines is 1. The van der Waals surface area contributed by atoms with E-state index in [-0.39, 0.29) is 11.6 Å². The van der Waals surface area contributed by atoms with Crippen molar-refractivity contribution in [3.8, 4) is 0 Å². The van der Waals surface area contributed by atoms with E-state index in [1.165, 1.54) is 23.8 Å². The van der Waals surface area contributed by atoms with Gasteiger partial charge in [-0.15, -0.1) is 0 Å². The van der Waals surface area contributed by atoms with Crippen LogP contribution in [0, 0.1) is 5.82 Å². The Morgan fingerprint density at radius 3 is 2.76 bits per heavy atom. The van der Waals surface area contributed by atoms with Gasteiger partial charge < -0.3 is 4.98 Å². The van der Waals surface area contributed by atoms with E-state index in [9.17, 15) is 9.18 Å². The van der Waals surface area contributed by atoms with Crippen LogP contribution in [0.4, 0.5) is 4.39 Å². The molecule has 2 nitrogen and oxygen atoms in total. The van der Waals surface area contributed by atoms with Crippen molar-refractivity contribution in [1.82, 2.24) is 4.98 Å². The fourth-order valence-corrected chi connectivity index (χ4v) is 3.05. The number of hydrogen-bond donors (Lipinski definition) is 1. The zero-order valence-electron chi connectivity index (χ0n) is 11.4. The first-order valence-electron chi connectivity index (χ1n) is 6.70. The first-order chi connectivity index (χ1) is 10.1. The van der Waals surface area contributed by atoms with Crippen LogP contribution < -0.4 is 0 Å². The largest absolute Gasteiger partial charge is 0.360 e. The van der Waals surface area contributed by atoms with Crippen LogP contribution in [-0.4, -0.2) is 10.8 Å². The predicted octanol–water partition coefficient (Wildman–Crippen LogP) is 4.86. The second kappa shape index (κ2) is 5.45. The Balaban J connectivity index is 2.14. The van der Waals surface area contributed by atoms with Crippen molar-refractivity contribution < 1.29 is 9.18 Å². The highest BCUT2D eigenvalue weighted by Gasteiger charge is 2.17. The molecule has 1 heterocycles. The lowest BCUT2D eigenvalue weighted by molar-refractivity contribution is 0.103. The maximum absolute atomic E-state index is 13.2. The average molecular weight is 346 g/mol. The maximum Gasteiger partial charge on any atom is 0.196 e. The molecule has 0 atom stereocenters. The van der Waals surface area contributed by atoms with Crippen LogP contribution in [0.3, 0.4) is 0 Å². The Bertz CT molecular complexity index is 838. The molecule has 0 fully saturated rings. The summed E-state index contributed by atoms with van der Waals surface area (Å²) in [7, 11) is 0. The SMILES string of the molecule is CCc1cccc2c(C(=O)c3ccc(F)cc3Br)c[nH]c12. The number of carbonyl (C=O) groups excluding carboxylic acids is 1. The van der Waals surface area contributed by atoms with Crippen LogP contribution in [0.1, 0.15) is 28.4 Å². The Labute approximate surface area is 130 Å². The van der Waals surface area contributed by atoms with E-state index in [0.29, 0.717) is 15.6 Å². The standard InChI is InChI=1S/C17H13BrFNO/c1-2-10-4-3-5-12-14(9-20-16(10)12)17(21)13-7-6-11(19)8-15(13)18/h3-9,20H,2H2,1H3. The van der Waals surface area contributed by atoms with Gasteiger partial charge in [0.2, 0.25) is 0 Å². The van der Waals surface area contributed by atoms with Crippen LogP contribution in [0.2, 0.25) is 0 Å². The number of benzene rings is 2.